The first-order chi connectivity index (χ1) is 9.43. The molecule has 6 nitrogen and oxygen atoms in total. The Balaban J connectivity index is 2.38. The van der Waals surface area contributed by atoms with Gasteiger partial charge in [-0.2, -0.15) is 0 Å². The summed E-state index contributed by atoms with van der Waals surface area (Å²) in [5.41, 5.74) is -0.147. The summed E-state index contributed by atoms with van der Waals surface area (Å²) in [6, 6.07) is 0.166. The molecule has 0 aliphatic carbocycles. The van der Waals surface area contributed by atoms with E-state index in [9.17, 15) is 9.59 Å². The SMILES string of the molecule is CCC1COC(C)CN1c1nc(C(=O)O)c(C(C)=O)s1. The molecule has 110 valence electrons. The van der Waals surface area contributed by atoms with Gasteiger partial charge in [-0.05, 0) is 13.3 Å². The van der Waals surface area contributed by atoms with Crippen molar-refractivity contribution in [1.82, 2.24) is 4.98 Å². The van der Waals surface area contributed by atoms with Crippen LogP contribution < -0.4 is 4.90 Å². The molecule has 0 amide bonds. The fraction of sp³-hybridized carbons (Fsp3) is 0.615. The lowest BCUT2D eigenvalue weighted by atomic mass is 10.1. The number of hydrogen-bond acceptors (Lipinski definition) is 6. The second kappa shape index (κ2) is 5.88. The number of ketones is 1. The highest BCUT2D eigenvalue weighted by molar-refractivity contribution is 7.17. The van der Waals surface area contributed by atoms with E-state index in [2.05, 4.69) is 16.8 Å². The standard InChI is InChI=1S/C13H18N2O4S/c1-4-9-6-19-7(2)5-15(9)13-14-10(12(17)18)11(20-13)8(3)16/h7,9H,4-6H2,1-3H3,(H,17,18). The van der Waals surface area contributed by atoms with E-state index >= 15 is 0 Å². The van der Waals surface area contributed by atoms with Crippen LogP contribution in [0.2, 0.25) is 0 Å². The number of carbonyl (C=O) groups is 2. The number of morpholine rings is 1. The van der Waals surface area contributed by atoms with Gasteiger partial charge in [0.2, 0.25) is 0 Å². The van der Waals surface area contributed by atoms with Gasteiger partial charge < -0.3 is 14.7 Å². The van der Waals surface area contributed by atoms with E-state index in [1.54, 1.807) is 0 Å². The van der Waals surface area contributed by atoms with Gasteiger partial charge >= 0.3 is 5.97 Å². The molecule has 20 heavy (non-hydrogen) atoms. The minimum absolute atomic E-state index is 0.0655. The molecule has 1 saturated heterocycles. The number of carboxylic acids is 1. The summed E-state index contributed by atoms with van der Waals surface area (Å²) in [5.74, 6) is -1.42. The maximum atomic E-state index is 11.5. The molecule has 1 aromatic rings. The van der Waals surface area contributed by atoms with Gasteiger partial charge in [-0.15, -0.1) is 0 Å². The van der Waals surface area contributed by atoms with Gasteiger partial charge in [0.05, 0.1) is 18.8 Å². The van der Waals surface area contributed by atoms with Crippen LogP contribution >= 0.6 is 11.3 Å². The smallest absolute Gasteiger partial charge is 0.356 e. The molecule has 1 fully saturated rings. The average Bonchev–Trinajstić information content (AvgIpc) is 2.83. The van der Waals surface area contributed by atoms with Crippen molar-refractivity contribution in [3.8, 4) is 0 Å². The van der Waals surface area contributed by atoms with Gasteiger partial charge in [0.15, 0.2) is 16.6 Å². The monoisotopic (exact) mass is 298 g/mol. The molecule has 1 N–H and O–H groups in total. The molecule has 1 aliphatic rings. The lowest BCUT2D eigenvalue weighted by molar-refractivity contribution is 0.0299. The predicted molar refractivity (Wildman–Crippen MR) is 75.9 cm³/mol. The molecule has 0 spiro atoms. The number of aromatic carboxylic acids is 1. The normalized spacial score (nSPS) is 22.9. The molecule has 2 rings (SSSR count). The number of carboxylic acid groups (broad SMARTS) is 1. The Bertz CT molecular complexity index is 497. The van der Waals surface area contributed by atoms with Crippen molar-refractivity contribution in [2.24, 2.45) is 0 Å². The van der Waals surface area contributed by atoms with Crippen LogP contribution in [-0.4, -0.2) is 47.1 Å². The Hall–Kier alpha value is -1.47. The minimum Gasteiger partial charge on any atom is -0.476 e. The van der Waals surface area contributed by atoms with E-state index in [1.165, 1.54) is 6.92 Å². The van der Waals surface area contributed by atoms with Crippen LogP contribution in [0.4, 0.5) is 5.13 Å². The van der Waals surface area contributed by atoms with E-state index in [0.717, 1.165) is 17.8 Å². The van der Waals surface area contributed by atoms with Gasteiger partial charge in [-0.25, -0.2) is 9.78 Å². The van der Waals surface area contributed by atoms with Crippen molar-refractivity contribution < 1.29 is 19.4 Å². The summed E-state index contributed by atoms with van der Waals surface area (Å²) in [7, 11) is 0. The third-order valence-electron chi connectivity index (χ3n) is 3.32. The lowest BCUT2D eigenvalue weighted by Crippen LogP contribution is -2.48. The molecule has 2 unspecified atom stereocenters. The third-order valence-corrected chi connectivity index (χ3v) is 4.52. The van der Waals surface area contributed by atoms with Crippen molar-refractivity contribution in [2.75, 3.05) is 18.1 Å². The first-order valence-corrected chi connectivity index (χ1v) is 7.39. The van der Waals surface area contributed by atoms with E-state index in [0.29, 0.717) is 18.3 Å². The zero-order chi connectivity index (χ0) is 14.9. The van der Waals surface area contributed by atoms with Crippen LogP contribution in [0.15, 0.2) is 0 Å². The van der Waals surface area contributed by atoms with Gasteiger partial charge in [0, 0.05) is 13.5 Å². The number of carbonyl (C=O) groups excluding carboxylic acids is 1. The number of hydrogen-bond donors (Lipinski definition) is 1. The van der Waals surface area contributed by atoms with Crippen molar-refractivity contribution in [1.29, 1.82) is 0 Å². The molecule has 1 aliphatic heterocycles. The maximum absolute atomic E-state index is 11.5. The number of thiazole rings is 1. The number of aromatic nitrogens is 1. The second-order valence-corrected chi connectivity index (χ2v) is 5.87. The summed E-state index contributed by atoms with van der Waals surface area (Å²) in [6.07, 6.45) is 0.945. The lowest BCUT2D eigenvalue weighted by Gasteiger charge is -2.38. The third kappa shape index (κ3) is 2.83. The van der Waals surface area contributed by atoms with Gasteiger partial charge in [-0.3, -0.25) is 4.79 Å². The molecular formula is C13H18N2O4S. The van der Waals surface area contributed by atoms with E-state index in [1.807, 2.05) is 6.92 Å². The molecule has 2 atom stereocenters. The van der Waals surface area contributed by atoms with Crippen LogP contribution in [0.5, 0.6) is 0 Å². The zero-order valence-electron chi connectivity index (χ0n) is 11.8. The Kier molecular flexibility index (Phi) is 4.39. The highest BCUT2D eigenvalue weighted by Gasteiger charge is 2.30. The molecule has 1 aromatic heterocycles. The van der Waals surface area contributed by atoms with Crippen LogP contribution in [0.1, 0.15) is 47.4 Å². The summed E-state index contributed by atoms with van der Waals surface area (Å²) in [5, 5.41) is 9.74. The predicted octanol–water partition coefficient (Wildman–Crippen LogP) is 2.05. The molecule has 0 bridgehead atoms. The Labute approximate surface area is 121 Å². The Morgan fingerprint density at radius 3 is 2.75 bits per heavy atom. The molecule has 2 heterocycles. The Morgan fingerprint density at radius 1 is 1.55 bits per heavy atom. The molecule has 0 saturated carbocycles. The van der Waals surface area contributed by atoms with Crippen LogP contribution in [-0.2, 0) is 4.74 Å². The van der Waals surface area contributed by atoms with E-state index in [4.69, 9.17) is 9.84 Å². The van der Waals surface area contributed by atoms with Gasteiger partial charge in [0.1, 0.15) is 4.88 Å². The van der Waals surface area contributed by atoms with Crippen molar-refractivity contribution in [3.05, 3.63) is 10.6 Å². The maximum Gasteiger partial charge on any atom is 0.356 e. The quantitative estimate of drug-likeness (QED) is 0.857. The number of ether oxygens (including phenoxy) is 1. The molecule has 7 heteroatoms. The van der Waals surface area contributed by atoms with Crippen molar-refractivity contribution in [3.63, 3.8) is 0 Å². The Morgan fingerprint density at radius 2 is 2.25 bits per heavy atom. The fourth-order valence-electron chi connectivity index (χ4n) is 2.23. The van der Waals surface area contributed by atoms with Crippen molar-refractivity contribution in [2.45, 2.75) is 39.3 Å². The topological polar surface area (TPSA) is 79.7 Å². The fourth-order valence-corrected chi connectivity index (χ4v) is 3.27. The largest absolute Gasteiger partial charge is 0.476 e. The van der Waals surface area contributed by atoms with E-state index < -0.39 is 5.97 Å². The molecular weight excluding hydrogens is 280 g/mol. The number of rotatable bonds is 4. The van der Waals surface area contributed by atoms with E-state index in [-0.39, 0.29) is 28.5 Å². The number of Topliss-reactive ketones (excluding diaryl/α,β-unsaturated/α-hetero) is 1. The molecule has 0 aromatic carbocycles. The van der Waals surface area contributed by atoms with Crippen LogP contribution in [0, 0.1) is 0 Å². The van der Waals surface area contributed by atoms with Crippen LogP contribution in [0.3, 0.4) is 0 Å². The number of nitrogens with zero attached hydrogens (tertiary/aromatic N) is 2. The summed E-state index contributed by atoms with van der Waals surface area (Å²) < 4.78 is 5.62. The highest BCUT2D eigenvalue weighted by atomic mass is 32.1. The van der Waals surface area contributed by atoms with Crippen molar-refractivity contribution >= 4 is 28.2 Å². The number of anilines is 1. The molecule has 0 radical (unpaired) electrons. The van der Waals surface area contributed by atoms with Crippen LogP contribution in [0.25, 0.3) is 0 Å². The first kappa shape index (κ1) is 14.9. The average molecular weight is 298 g/mol. The summed E-state index contributed by atoms with van der Waals surface area (Å²) >= 11 is 1.15. The zero-order valence-corrected chi connectivity index (χ0v) is 12.6. The van der Waals surface area contributed by atoms with Gasteiger partial charge in [-0.1, -0.05) is 18.3 Å². The highest BCUT2D eigenvalue weighted by Crippen LogP contribution is 2.31. The summed E-state index contributed by atoms with van der Waals surface area (Å²) in [6.45, 7) is 6.63. The van der Waals surface area contributed by atoms with Gasteiger partial charge in [0.25, 0.3) is 0 Å². The second-order valence-electron chi connectivity index (χ2n) is 4.89. The summed E-state index contributed by atoms with van der Waals surface area (Å²) in [4.78, 5) is 29.2. The minimum atomic E-state index is -1.16. The first-order valence-electron chi connectivity index (χ1n) is 6.57.